The van der Waals surface area contributed by atoms with E-state index in [1.54, 1.807) is 11.1 Å². The Kier molecular flexibility index (Phi) is 26.6. The average Bonchev–Trinajstić information content (AvgIpc) is 3.23. The van der Waals surface area contributed by atoms with Gasteiger partial charge < -0.3 is 9.47 Å². The molecule has 0 heterocycles. The largest absolute Gasteiger partial charge is 0.492 e. The summed E-state index contributed by atoms with van der Waals surface area (Å²) in [5.41, 5.74) is 3.09. The highest BCUT2D eigenvalue weighted by molar-refractivity contribution is 6.11. The minimum Gasteiger partial charge on any atom is -0.492 e. The van der Waals surface area contributed by atoms with Gasteiger partial charge in [-0.1, -0.05) is 221 Å². The molecule has 0 fully saturated rings. The number of rotatable bonds is 36. The molecule has 0 spiro atoms. The van der Waals surface area contributed by atoms with Crippen molar-refractivity contribution in [3.63, 3.8) is 0 Å². The van der Waals surface area contributed by atoms with E-state index < -0.39 is 0 Å². The van der Waals surface area contributed by atoms with E-state index in [1.807, 2.05) is 0 Å². The van der Waals surface area contributed by atoms with Crippen molar-refractivity contribution in [2.75, 3.05) is 13.2 Å². The van der Waals surface area contributed by atoms with Gasteiger partial charge >= 0.3 is 0 Å². The Morgan fingerprint density at radius 3 is 1.00 bits per heavy atom. The van der Waals surface area contributed by atoms with E-state index in [1.165, 1.54) is 188 Å². The van der Waals surface area contributed by atoms with Crippen molar-refractivity contribution in [3.8, 4) is 11.5 Å². The van der Waals surface area contributed by atoms with Crippen LogP contribution in [0.4, 0.5) is 0 Å². The van der Waals surface area contributed by atoms with Gasteiger partial charge in [0, 0.05) is 21.5 Å². The first-order chi connectivity index (χ1) is 28.5. The molecule has 0 bridgehead atoms. The molecule has 3 aromatic rings. The maximum Gasteiger partial charge on any atom is 0.135 e. The lowest BCUT2D eigenvalue weighted by atomic mass is 9.81. The summed E-state index contributed by atoms with van der Waals surface area (Å²) in [6, 6.07) is 14.3. The van der Waals surface area contributed by atoms with Crippen molar-refractivity contribution in [1.82, 2.24) is 0 Å². The normalized spacial score (nSPS) is 13.9. The Morgan fingerprint density at radius 1 is 0.345 bits per heavy atom. The van der Waals surface area contributed by atoms with E-state index in [2.05, 4.69) is 91.8 Å². The smallest absolute Gasteiger partial charge is 0.135 e. The van der Waals surface area contributed by atoms with Crippen molar-refractivity contribution >= 4 is 21.5 Å². The fourth-order valence-electron chi connectivity index (χ4n) is 10.0. The lowest BCUT2D eigenvalue weighted by Crippen LogP contribution is -2.23. The van der Waals surface area contributed by atoms with Gasteiger partial charge in [0.25, 0.3) is 0 Å². The van der Waals surface area contributed by atoms with Crippen LogP contribution in [0.15, 0.2) is 36.4 Å². The second-order valence-electron chi connectivity index (χ2n) is 18.5. The van der Waals surface area contributed by atoms with Gasteiger partial charge in [-0.05, 0) is 85.5 Å². The van der Waals surface area contributed by atoms with E-state index in [4.69, 9.17) is 9.47 Å². The molecule has 330 valence electrons. The molecule has 4 unspecified atom stereocenters. The summed E-state index contributed by atoms with van der Waals surface area (Å²) in [7, 11) is 0. The first-order valence-electron chi connectivity index (χ1n) is 25.8. The van der Waals surface area contributed by atoms with Crippen LogP contribution in [-0.4, -0.2) is 13.2 Å². The van der Waals surface area contributed by atoms with Crippen LogP contribution >= 0.6 is 0 Å². The summed E-state index contributed by atoms with van der Waals surface area (Å²) in [4.78, 5) is 0. The summed E-state index contributed by atoms with van der Waals surface area (Å²) in [6.07, 6.45) is 36.1. The van der Waals surface area contributed by atoms with E-state index in [0.29, 0.717) is 11.8 Å². The molecule has 0 aromatic heterocycles. The molecule has 0 saturated heterocycles. The Morgan fingerprint density at radius 2 is 0.672 bits per heavy atom. The topological polar surface area (TPSA) is 18.5 Å². The highest BCUT2D eigenvalue weighted by atomic mass is 16.5. The van der Waals surface area contributed by atoms with Gasteiger partial charge in [0.1, 0.15) is 11.5 Å². The minimum atomic E-state index is 0.595. The third-order valence-electron chi connectivity index (χ3n) is 13.6. The zero-order valence-electron chi connectivity index (χ0n) is 39.8. The zero-order valence-corrected chi connectivity index (χ0v) is 39.8. The maximum absolute atomic E-state index is 7.39. The van der Waals surface area contributed by atoms with Crippen LogP contribution in [0.2, 0.25) is 0 Å². The van der Waals surface area contributed by atoms with Gasteiger partial charge in [-0.2, -0.15) is 0 Å². The highest BCUT2D eigenvalue weighted by Gasteiger charge is 2.26. The van der Waals surface area contributed by atoms with E-state index in [9.17, 15) is 0 Å². The van der Waals surface area contributed by atoms with Crippen LogP contribution in [0.5, 0.6) is 11.5 Å². The van der Waals surface area contributed by atoms with Gasteiger partial charge in [-0.15, -0.1) is 0 Å². The summed E-state index contributed by atoms with van der Waals surface area (Å²) < 4.78 is 14.8. The van der Waals surface area contributed by atoms with Gasteiger partial charge in [-0.3, -0.25) is 0 Å². The summed E-state index contributed by atoms with van der Waals surface area (Å²) in [6.45, 7) is 20.5. The summed E-state index contributed by atoms with van der Waals surface area (Å²) in [5, 5.41) is 5.06. The Balaban J connectivity index is 2.22. The number of unbranched alkanes of at least 4 members (excludes halogenated alkanes) is 12. The predicted octanol–water partition coefficient (Wildman–Crippen LogP) is 18.6. The Hall–Kier alpha value is -2.22. The molecule has 4 atom stereocenters. The van der Waals surface area contributed by atoms with Crippen LogP contribution in [0.3, 0.4) is 0 Å². The van der Waals surface area contributed by atoms with E-state index in [-0.39, 0.29) is 0 Å². The lowest BCUT2D eigenvalue weighted by molar-refractivity contribution is 0.165. The molecular formula is C56H94O2. The zero-order chi connectivity index (χ0) is 41.8. The maximum atomic E-state index is 7.39. The molecule has 2 nitrogen and oxygen atoms in total. The number of hydrogen-bond donors (Lipinski definition) is 0. The van der Waals surface area contributed by atoms with Crippen molar-refractivity contribution in [2.24, 2.45) is 23.7 Å². The molecule has 0 aliphatic heterocycles. The molecule has 0 amide bonds. The highest BCUT2D eigenvalue weighted by Crippen LogP contribution is 2.45. The monoisotopic (exact) mass is 799 g/mol. The quantitative estimate of drug-likeness (QED) is 0.0431. The molecule has 0 aliphatic rings. The second kappa shape index (κ2) is 30.8. The molecule has 2 heteroatoms. The molecule has 0 aliphatic carbocycles. The Labute approximate surface area is 360 Å². The van der Waals surface area contributed by atoms with Crippen molar-refractivity contribution in [3.05, 3.63) is 47.5 Å². The van der Waals surface area contributed by atoms with E-state index >= 15 is 0 Å². The lowest BCUT2D eigenvalue weighted by Gasteiger charge is -2.29. The molecule has 0 N–H and O–H groups in total. The fraction of sp³-hybridized carbons (Fsp3) is 0.750. The van der Waals surface area contributed by atoms with Gasteiger partial charge in [-0.25, -0.2) is 0 Å². The molecule has 3 aromatic carbocycles. The summed E-state index contributed by atoms with van der Waals surface area (Å²) in [5.74, 6) is 4.89. The average molecular weight is 799 g/mol. The first kappa shape index (κ1) is 50.1. The Bertz CT molecular complexity index is 1360. The SMILES string of the molecule is CCCCCc1cc2c(OCC(CCCCC)C(CCC)CCCCC)c3ccccc3c(OCC(CCCCC)C(CCC)CCCCC)c2cc1CCCCC. The fourth-order valence-corrected chi connectivity index (χ4v) is 10.0. The number of ether oxygens (including phenoxy) is 2. The van der Waals surface area contributed by atoms with Crippen LogP contribution in [0, 0.1) is 23.7 Å². The van der Waals surface area contributed by atoms with Crippen molar-refractivity contribution in [2.45, 2.75) is 235 Å². The van der Waals surface area contributed by atoms with Crippen LogP contribution in [0.25, 0.3) is 21.5 Å². The number of fused-ring (bicyclic) bond motifs is 2. The molecule has 0 radical (unpaired) electrons. The summed E-state index contributed by atoms with van der Waals surface area (Å²) >= 11 is 0. The number of aryl methyl sites for hydroxylation is 2. The van der Waals surface area contributed by atoms with Gasteiger partial charge in [0.05, 0.1) is 13.2 Å². The van der Waals surface area contributed by atoms with Gasteiger partial charge in [0.2, 0.25) is 0 Å². The molecule has 3 rings (SSSR count). The minimum absolute atomic E-state index is 0.595. The molecule has 0 saturated carbocycles. The van der Waals surface area contributed by atoms with Crippen molar-refractivity contribution < 1.29 is 9.47 Å². The number of hydrogen-bond acceptors (Lipinski definition) is 2. The molecular weight excluding hydrogens is 705 g/mol. The van der Waals surface area contributed by atoms with Crippen molar-refractivity contribution in [1.29, 1.82) is 0 Å². The van der Waals surface area contributed by atoms with E-state index in [0.717, 1.165) is 49.4 Å². The third-order valence-corrected chi connectivity index (χ3v) is 13.6. The van der Waals surface area contributed by atoms with Gasteiger partial charge in [0.15, 0.2) is 0 Å². The van der Waals surface area contributed by atoms with Crippen LogP contribution in [0.1, 0.15) is 233 Å². The van der Waals surface area contributed by atoms with Crippen LogP contribution < -0.4 is 9.47 Å². The predicted molar refractivity (Wildman–Crippen MR) is 259 cm³/mol. The second-order valence-corrected chi connectivity index (χ2v) is 18.5. The third kappa shape index (κ3) is 16.7. The standard InChI is InChI=1S/C56H94O2/c1-9-17-23-33-45(31-15-7)49(37-27-21-13-5)43-57-55-51-39-29-30-40-52(51)56(58-44-50(38-28-22-14-6)46(32-16-8)34-24-18-10-2)54-42-48(36-26-20-12-4)47(41-53(54)55)35-25-19-11-3/h29-30,39-42,45-46,49-50H,9-28,31-38,43-44H2,1-8H3. The number of benzene rings is 3. The molecule has 58 heavy (non-hydrogen) atoms. The first-order valence-corrected chi connectivity index (χ1v) is 25.8. The van der Waals surface area contributed by atoms with Crippen LogP contribution in [-0.2, 0) is 12.8 Å².